The molecule has 0 unspecified atom stereocenters. The maximum absolute atomic E-state index is 13.2. The van der Waals surface area contributed by atoms with E-state index in [2.05, 4.69) is 20.9 Å². The van der Waals surface area contributed by atoms with E-state index in [9.17, 15) is 19.2 Å². The number of urea groups is 1. The summed E-state index contributed by atoms with van der Waals surface area (Å²) in [6.45, 7) is 0.234. The minimum Gasteiger partial charge on any atom is -0.497 e. The van der Waals surface area contributed by atoms with Gasteiger partial charge in [0, 0.05) is 30.9 Å². The van der Waals surface area contributed by atoms with Gasteiger partial charge in [0.25, 0.3) is 17.7 Å². The number of carbonyl (C=O) groups is 4. The summed E-state index contributed by atoms with van der Waals surface area (Å²) >= 11 is 0. The van der Waals surface area contributed by atoms with Gasteiger partial charge in [0.1, 0.15) is 5.75 Å². The molecule has 36 heavy (non-hydrogen) atoms. The van der Waals surface area contributed by atoms with Gasteiger partial charge in [-0.25, -0.2) is 4.79 Å². The van der Waals surface area contributed by atoms with E-state index in [1.807, 2.05) is 6.07 Å². The van der Waals surface area contributed by atoms with Crippen molar-refractivity contribution < 1.29 is 23.9 Å². The first-order valence-corrected chi connectivity index (χ1v) is 11.2. The molecule has 1 fully saturated rings. The SMILES string of the molecule is CNC(=O)c1cccnc1-c1ccc([C@]2(CN3Cc4ccc(OC)cc4C3=O)NC(=O)NC2=O)cc1. The predicted molar refractivity (Wildman–Crippen MR) is 129 cm³/mol. The van der Waals surface area contributed by atoms with Crippen LogP contribution >= 0.6 is 0 Å². The van der Waals surface area contributed by atoms with Crippen LogP contribution in [0.25, 0.3) is 11.3 Å². The summed E-state index contributed by atoms with van der Waals surface area (Å²) in [5, 5.41) is 7.63. The standard InChI is InChI=1S/C26H23N5O5/c1-27-22(32)19-4-3-11-28-21(19)15-5-8-17(9-6-15)26(24(34)29-25(35)30-26)14-31-13-16-7-10-18(36-2)12-20(16)23(31)33/h3-12H,13-14H2,1-2H3,(H,27,32)(H2,29,30,34,35)/t26-/m0/s1. The van der Waals surface area contributed by atoms with Crippen molar-refractivity contribution in [1.82, 2.24) is 25.8 Å². The minimum absolute atomic E-state index is 0.0627. The van der Waals surface area contributed by atoms with E-state index in [4.69, 9.17) is 4.74 Å². The van der Waals surface area contributed by atoms with Gasteiger partial charge in [-0.05, 0) is 35.4 Å². The third-order valence-electron chi connectivity index (χ3n) is 6.50. The number of fused-ring (bicyclic) bond motifs is 1. The van der Waals surface area contributed by atoms with Gasteiger partial charge < -0.3 is 20.3 Å². The molecule has 1 aromatic heterocycles. The monoisotopic (exact) mass is 485 g/mol. The van der Waals surface area contributed by atoms with Gasteiger partial charge in [-0.15, -0.1) is 0 Å². The van der Waals surface area contributed by atoms with Crippen molar-refractivity contribution >= 4 is 23.8 Å². The summed E-state index contributed by atoms with van der Waals surface area (Å²) in [6.07, 6.45) is 1.59. The molecule has 0 radical (unpaired) electrons. The number of aromatic nitrogens is 1. The summed E-state index contributed by atoms with van der Waals surface area (Å²) < 4.78 is 5.23. The van der Waals surface area contributed by atoms with Crippen LogP contribution in [0.5, 0.6) is 5.75 Å². The normalized spacial score (nSPS) is 18.5. The number of hydrogen-bond acceptors (Lipinski definition) is 6. The molecule has 1 atom stereocenters. The number of carbonyl (C=O) groups excluding carboxylic acids is 4. The fraction of sp³-hybridized carbons (Fsp3) is 0.192. The average molecular weight is 486 g/mol. The second-order valence-corrected chi connectivity index (χ2v) is 8.55. The predicted octanol–water partition coefficient (Wildman–Crippen LogP) is 1.81. The second-order valence-electron chi connectivity index (χ2n) is 8.55. The molecule has 3 heterocycles. The molecule has 182 valence electrons. The van der Waals surface area contributed by atoms with Crippen molar-refractivity contribution in [3.63, 3.8) is 0 Å². The van der Waals surface area contributed by atoms with Gasteiger partial charge in [0.15, 0.2) is 5.54 Å². The Morgan fingerprint density at radius 3 is 2.58 bits per heavy atom. The summed E-state index contributed by atoms with van der Waals surface area (Å²) in [6, 6.07) is 14.8. The smallest absolute Gasteiger partial charge is 0.322 e. The Hall–Kier alpha value is -4.73. The lowest BCUT2D eigenvalue weighted by atomic mass is 9.88. The highest BCUT2D eigenvalue weighted by atomic mass is 16.5. The number of nitrogens with zero attached hydrogens (tertiary/aromatic N) is 2. The van der Waals surface area contributed by atoms with Gasteiger partial charge in [0.2, 0.25) is 0 Å². The topological polar surface area (TPSA) is 130 Å². The van der Waals surface area contributed by atoms with E-state index < -0.39 is 17.5 Å². The number of methoxy groups -OCH3 is 1. The Kier molecular flexibility index (Phi) is 5.63. The molecule has 3 N–H and O–H groups in total. The maximum atomic E-state index is 13.2. The van der Waals surface area contributed by atoms with Crippen LogP contribution in [0.2, 0.25) is 0 Å². The van der Waals surface area contributed by atoms with Gasteiger partial charge in [-0.1, -0.05) is 30.3 Å². The molecule has 3 aromatic rings. The van der Waals surface area contributed by atoms with Crippen LogP contribution in [0.4, 0.5) is 4.79 Å². The van der Waals surface area contributed by atoms with Crippen LogP contribution in [-0.4, -0.2) is 54.3 Å². The first kappa shape index (κ1) is 23.0. The summed E-state index contributed by atoms with van der Waals surface area (Å²) in [7, 11) is 3.07. The fourth-order valence-electron chi connectivity index (χ4n) is 4.64. The van der Waals surface area contributed by atoms with Crippen molar-refractivity contribution in [1.29, 1.82) is 0 Å². The van der Waals surface area contributed by atoms with Crippen LogP contribution in [0, 0.1) is 0 Å². The number of rotatable bonds is 6. The largest absolute Gasteiger partial charge is 0.497 e. The zero-order chi connectivity index (χ0) is 25.4. The number of benzene rings is 2. The molecular formula is C26H23N5O5. The number of amides is 5. The van der Waals surface area contributed by atoms with Crippen LogP contribution in [0.1, 0.15) is 31.8 Å². The van der Waals surface area contributed by atoms with Crippen molar-refractivity contribution in [3.05, 3.63) is 83.0 Å². The van der Waals surface area contributed by atoms with Crippen molar-refractivity contribution in [2.24, 2.45) is 0 Å². The summed E-state index contributed by atoms with van der Waals surface area (Å²) in [5.74, 6) is -0.514. The number of ether oxygens (including phenoxy) is 1. The quantitative estimate of drug-likeness (QED) is 0.457. The molecule has 0 aliphatic carbocycles. The first-order valence-electron chi connectivity index (χ1n) is 11.2. The Bertz CT molecular complexity index is 1400. The van der Waals surface area contributed by atoms with E-state index in [1.54, 1.807) is 61.8 Å². The highest BCUT2D eigenvalue weighted by molar-refractivity contribution is 6.08. The number of imide groups is 1. The molecule has 0 saturated carbocycles. The Labute approximate surface area is 206 Å². The molecule has 5 amide bonds. The van der Waals surface area contributed by atoms with Crippen molar-refractivity contribution in [2.45, 2.75) is 12.1 Å². The third-order valence-corrected chi connectivity index (χ3v) is 6.50. The van der Waals surface area contributed by atoms with Crippen LogP contribution in [0.3, 0.4) is 0 Å². The summed E-state index contributed by atoms with van der Waals surface area (Å²) in [5.41, 5.74) is 1.88. The fourth-order valence-corrected chi connectivity index (χ4v) is 4.64. The molecule has 2 aliphatic rings. The average Bonchev–Trinajstić information content (AvgIpc) is 3.37. The molecule has 0 spiro atoms. The molecule has 2 aromatic carbocycles. The molecule has 10 heteroatoms. The molecule has 0 bridgehead atoms. The van der Waals surface area contributed by atoms with Crippen molar-refractivity contribution in [3.8, 4) is 17.0 Å². The van der Waals surface area contributed by atoms with Crippen LogP contribution in [-0.2, 0) is 16.9 Å². The van der Waals surface area contributed by atoms with Gasteiger partial charge >= 0.3 is 6.03 Å². The molecule has 2 aliphatic heterocycles. The van der Waals surface area contributed by atoms with Crippen molar-refractivity contribution in [2.75, 3.05) is 20.7 Å². The van der Waals surface area contributed by atoms with Crippen LogP contribution < -0.4 is 20.7 Å². The third kappa shape index (κ3) is 3.72. The Morgan fingerprint density at radius 2 is 1.92 bits per heavy atom. The van der Waals surface area contributed by atoms with E-state index in [1.165, 1.54) is 12.0 Å². The lowest BCUT2D eigenvalue weighted by molar-refractivity contribution is -0.124. The molecule has 5 rings (SSSR count). The lowest BCUT2D eigenvalue weighted by Crippen LogP contribution is -2.52. The highest BCUT2D eigenvalue weighted by Gasteiger charge is 2.50. The first-order chi connectivity index (χ1) is 17.4. The summed E-state index contributed by atoms with van der Waals surface area (Å²) in [4.78, 5) is 56.6. The van der Waals surface area contributed by atoms with E-state index in [0.717, 1.165) is 5.56 Å². The number of pyridine rings is 1. The molecule has 1 saturated heterocycles. The highest BCUT2D eigenvalue weighted by Crippen LogP contribution is 2.33. The molecule has 10 nitrogen and oxygen atoms in total. The lowest BCUT2D eigenvalue weighted by Gasteiger charge is -2.31. The van der Waals surface area contributed by atoms with Crippen LogP contribution in [0.15, 0.2) is 60.8 Å². The molecular weight excluding hydrogens is 462 g/mol. The maximum Gasteiger partial charge on any atom is 0.322 e. The van der Waals surface area contributed by atoms with Gasteiger partial charge in [-0.3, -0.25) is 24.7 Å². The number of hydrogen-bond donors (Lipinski definition) is 3. The minimum atomic E-state index is -1.48. The zero-order valence-electron chi connectivity index (χ0n) is 19.6. The zero-order valence-corrected chi connectivity index (χ0v) is 19.6. The van der Waals surface area contributed by atoms with Gasteiger partial charge in [0.05, 0.1) is 24.9 Å². The Morgan fingerprint density at radius 1 is 1.14 bits per heavy atom. The van der Waals surface area contributed by atoms with E-state index in [0.29, 0.717) is 40.2 Å². The number of nitrogens with one attached hydrogen (secondary N) is 3. The Balaban J connectivity index is 1.49. The van der Waals surface area contributed by atoms with E-state index in [-0.39, 0.29) is 18.4 Å². The van der Waals surface area contributed by atoms with E-state index >= 15 is 0 Å². The second kappa shape index (κ2) is 8.81. The van der Waals surface area contributed by atoms with Gasteiger partial charge in [-0.2, -0.15) is 0 Å².